The molecule has 0 amide bonds. The van der Waals surface area contributed by atoms with E-state index < -0.39 is 32.7 Å². The summed E-state index contributed by atoms with van der Waals surface area (Å²) in [7, 11) is -2.67. The van der Waals surface area contributed by atoms with Crippen LogP contribution in [0.3, 0.4) is 0 Å². The molecule has 0 aliphatic carbocycles. The van der Waals surface area contributed by atoms with Gasteiger partial charge in [0.15, 0.2) is 0 Å². The highest BCUT2D eigenvalue weighted by Crippen LogP contribution is 2.29. The van der Waals surface area contributed by atoms with E-state index in [1.807, 2.05) is 0 Å². The van der Waals surface area contributed by atoms with Crippen LogP contribution in [-0.2, 0) is 24.4 Å². The van der Waals surface area contributed by atoms with E-state index >= 15 is 0 Å². The number of fused-ring (bicyclic) bond motifs is 1. The molecule has 3 rings (SSSR count). The van der Waals surface area contributed by atoms with Crippen molar-refractivity contribution in [1.29, 1.82) is 0 Å². The van der Waals surface area contributed by atoms with Crippen LogP contribution in [0.5, 0.6) is 0 Å². The Labute approximate surface area is 196 Å². The van der Waals surface area contributed by atoms with Crippen molar-refractivity contribution in [2.45, 2.75) is 49.6 Å². The third-order valence-electron chi connectivity index (χ3n) is 5.90. The number of ether oxygens (including phenoxy) is 1. The Balaban J connectivity index is 2.01. The van der Waals surface area contributed by atoms with Gasteiger partial charge in [-0.15, -0.1) is 10.1 Å². The van der Waals surface area contributed by atoms with Gasteiger partial charge in [0, 0.05) is 36.1 Å². The zero-order valence-electron chi connectivity index (χ0n) is 19.0. The number of hydrogen-bond acceptors (Lipinski definition) is 9. The first kappa shape index (κ1) is 25.6. The number of methoxy groups -OCH3 is 1. The number of nitrogens with zero attached hydrogens (tertiary/aromatic N) is 3. The third-order valence-corrected chi connectivity index (χ3v) is 7.81. The quantitative estimate of drug-likeness (QED) is 0.220. The van der Waals surface area contributed by atoms with Crippen LogP contribution in [0.25, 0.3) is 10.8 Å². The minimum atomic E-state index is -3.87. The van der Waals surface area contributed by atoms with Gasteiger partial charge in [0.25, 0.3) is 10.6 Å². The molecule has 2 heterocycles. The van der Waals surface area contributed by atoms with E-state index in [1.54, 1.807) is 6.92 Å². The molecule has 2 N–H and O–H groups in total. The van der Waals surface area contributed by atoms with Crippen LogP contribution in [0.1, 0.15) is 37.3 Å². The maximum Gasteiger partial charge on any atom is 0.328 e. The molecule has 1 aromatic carbocycles. The van der Waals surface area contributed by atoms with Gasteiger partial charge in [-0.2, -0.15) is 4.31 Å². The first-order chi connectivity index (χ1) is 16.1. The minimum absolute atomic E-state index is 0.0207. The summed E-state index contributed by atoms with van der Waals surface area (Å²) in [6.45, 7) is 2.06. The highest BCUT2D eigenvalue weighted by molar-refractivity contribution is 7.89. The molecular formula is C21H28N4O8S. The lowest BCUT2D eigenvalue weighted by atomic mass is 10.1. The van der Waals surface area contributed by atoms with Crippen LogP contribution in [0.15, 0.2) is 34.1 Å². The number of nitrogens with two attached hydrogens (primary N) is 1. The average molecular weight is 497 g/mol. The highest BCUT2D eigenvalue weighted by Gasteiger charge is 2.33. The molecule has 13 heteroatoms. The summed E-state index contributed by atoms with van der Waals surface area (Å²) >= 11 is 0. The van der Waals surface area contributed by atoms with Gasteiger partial charge in [-0.1, -0.05) is 6.07 Å². The van der Waals surface area contributed by atoms with E-state index in [0.29, 0.717) is 36.8 Å². The summed E-state index contributed by atoms with van der Waals surface area (Å²) in [5.74, 6) is -0.647. The molecule has 0 bridgehead atoms. The smallest absolute Gasteiger partial charge is 0.328 e. The van der Waals surface area contributed by atoms with Crippen LogP contribution < -0.4 is 11.3 Å². The predicted molar refractivity (Wildman–Crippen MR) is 122 cm³/mol. The summed E-state index contributed by atoms with van der Waals surface area (Å²) in [6, 6.07) is 3.27. The number of benzene rings is 1. The fraction of sp³-hybridized carbons (Fsp3) is 0.524. The van der Waals surface area contributed by atoms with Gasteiger partial charge in [-0.3, -0.25) is 4.79 Å². The first-order valence-electron chi connectivity index (χ1n) is 10.8. The van der Waals surface area contributed by atoms with E-state index in [9.17, 15) is 28.1 Å². The number of aromatic nitrogens is 1. The average Bonchev–Trinajstić information content (AvgIpc) is 3.25. The van der Waals surface area contributed by atoms with Crippen molar-refractivity contribution in [3.05, 3.63) is 50.4 Å². The summed E-state index contributed by atoms with van der Waals surface area (Å²) in [4.78, 5) is 40.5. The number of aryl methyl sites for hydroxylation is 1. The molecule has 0 spiro atoms. The fourth-order valence-corrected chi connectivity index (χ4v) is 6.02. The van der Waals surface area contributed by atoms with Gasteiger partial charge in [-0.25, -0.2) is 13.2 Å². The Morgan fingerprint density at radius 2 is 2.09 bits per heavy atom. The number of carbonyl (C=O) groups is 1. The summed E-state index contributed by atoms with van der Waals surface area (Å²) in [6.07, 6.45) is 2.86. The van der Waals surface area contributed by atoms with Gasteiger partial charge in [0.1, 0.15) is 6.04 Å². The van der Waals surface area contributed by atoms with Gasteiger partial charge >= 0.3 is 5.97 Å². The Kier molecular flexibility index (Phi) is 7.89. The fourth-order valence-electron chi connectivity index (χ4n) is 4.23. The van der Waals surface area contributed by atoms with E-state index in [2.05, 4.69) is 4.84 Å². The molecule has 1 unspecified atom stereocenters. The Morgan fingerprint density at radius 1 is 1.35 bits per heavy atom. The lowest BCUT2D eigenvalue weighted by molar-refractivity contribution is -0.757. The number of hydrogen-bond donors (Lipinski definition) is 1. The lowest BCUT2D eigenvalue weighted by Gasteiger charge is -2.21. The largest absolute Gasteiger partial charge is 0.467 e. The van der Waals surface area contributed by atoms with Crippen LogP contribution in [0, 0.1) is 17.0 Å². The Morgan fingerprint density at radius 3 is 2.71 bits per heavy atom. The summed E-state index contributed by atoms with van der Waals surface area (Å²) in [5.41, 5.74) is 5.86. The van der Waals surface area contributed by atoms with Crippen molar-refractivity contribution in [3.63, 3.8) is 0 Å². The van der Waals surface area contributed by atoms with Crippen molar-refractivity contribution >= 4 is 26.8 Å². The van der Waals surface area contributed by atoms with E-state index in [4.69, 9.17) is 10.5 Å². The van der Waals surface area contributed by atoms with Crippen molar-refractivity contribution in [2.24, 2.45) is 5.73 Å². The number of pyridine rings is 1. The van der Waals surface area contributed by atoms with Crippen molar-refractivity contribution in [2.75, 3.05) is 26.8 Å². The SMILES string of the molecule is COC(=O)[C@H](CCCCO[N+](=O)[O-])n1cc(C)c2c(S(=O)(=O)N3CCC(N)C3)cccc2c1=O. The Hall–Kier alpha value is -3.03. The zero-order chi connectivity index (χ0) is 25.0. The number of unbranched alkanes of at least 4 members (excludes halogenated alkanes) is 1. The second-order valence-electron chi connectivity index (χ2n) is 8.21. The van der Waals surface area contributed by atoms with Crippen LogP contribution in [0.4, 0.5) is 0 Å². The first-order valence-corrected chi connectivity index (χ1v) is 12.3. The maximum absolute atomic E-state index is 13.4. The van der Waals surface area contributed by atoms with Gasteiger partial charge in [0.05, 0.1) is 18.6 Å². The number of rotatable bonds is 10. The zero-order valence-corrected chi connectivity index (χ0v) is 19.8. The lowest BCUT2D eigenvalue weighted by Crippen LogP contribution is -2.33. The van der Waals surface area contributed by atoms with E-state index in [1.165, 1.54) is 40.4 Å². The molecule has 1 aromatic heterocycles. The number of sulfonamides is 1. The maximum atomic E-state index is 13.4. The number of carbonyl (C=O) groups excluding carboxylic acids is 1. The van der Waals surface area contributed by atoms with Gasteiger partial charge < -0.3 is 19.9 Å². The molecule has 186 valence electrons. The molecule has 0 saturated carbocycles. The van der Waals surface area contributed by atoms with Crippen LogP contribution >= 0.6 is 0 Å². The summed E-state index contributed by atoms with van der Waals surface area (Å²) < 4.78 is 34.0. The molecule has 2 aromatic rings. The standard InChI is InChI=1S/C21H28N4O8S/c1-14-12-24(17(21(27)32-2)7-3-4-11-33-25(28)29)20(26)16-6-5-8-18(19(14)16)34(30,31)23-10-9-15(22)13-23/h5-6,8,12,15,17H,3-4,7,9-11,13,22H2,1-2H3/t15?,17-/m0/s1. The normalized spacial score (nSPS) is 17.6. The Bertz CT molecular complexity index is 1240. The molecular weight excluding hydrogens is 468 g/mol. The van der Waals surface area contributed by atoms with Gasteiger partial charge in [-0.05, 0) is 50.3 Å². The van der Waals surface area contributed by atoms with Crippen molar-refractivity contribution in [3.8, 4) is 0 Å². The minimum Gasteiger partial charge on any atom is -0.467 e. The topological polar surface area (TPSA) is 164 Å². The van der Waals surface area contributed by atoms with Crippen molar-refractivity contribution in [1.82, 2.24) is 8.87 Å². The van der Waals surface area contributed by atoms with Crippen molar-refractivity contribution < 1.29 is 27.9 Å². The highest BCUT2D eigenvalue weighted by atomic mass is 32.2. The summed E-state index contributed by atoms with van der Waals surface area (Å²) in [5, 5.41) is 9.86. The monoisotopic (exact) mass is 496 g/mol. The molecule has 1 aliphatic rings. The second-order valence-corrected chi connectivity index (χ2v) is 10.1. The molecule has 34 heavy (non-hydrogen) atoms. The molecule has 1 fully saturated rings. The van der Waals surface area contributed by atoms with Gasteiger partial charge in [0.2, 0.25) is 10.0 Å². The number of esters is 1. The third kappa shape index (κ3) is 5.21. The molecule has 0 radical (unpaired) electrons. The van der Waals surface area contributed by atoms with Crippen LogP contribution in [0.2, 0.25) is 0 Å². The second kappa shape index (κ2) is 10.5. The van der Waals surface area contributed by atoms with Crippen LogP contribution in [-0.4, -0.2) is 61.2 Å². The molecule has 2 atom stereocenters. The molecule has 1 saturated heterocycles. The van der Waals surface area contributed by atoms with E-state index in [-0.39, 0.29) is 35.9 Å². The predicted octanol–water partition coefficient (Wildman–Crippen LogP) is 1.12. The molecule has 1 aliphatic heterocycles. The molecule has 12 nitrogen and oxygen atoms in total. The van der Waals surface area contributed by atoms with E-state index in [0.717, 1.165) is 0 Å².